The van der Waals surface area contributed by atoms with Gasteiger partial charge in [-0.2, -0.15) is 0 Å². The summed E-state index contributed by atoms with van der Waals surface area (Å²) in [6.45, 7) is 3.60. The third-order valence-electron chi connectivity index (χ3n) is 1.75. The zero-order valence-corrected chi connectivity index (χ0v) is 8.58. The maximum atomic E-state index is 10.8. The van der Waals surface area contributed by atoms with Crippen molar-refractivity contribution in [1.29, 1.82) is 0 Å². The van der Waals surface area contributed by atoms with Gasteiger partial charge in [0.2, 0.25) is 5.91 Å². The first-order valence-electron chi connectivity index (χ1n) is 4.76. The highest BCUT2D eigenvalue weighted by molar-refractivity contribution is 5.88. The lowest BCUT2D eigenvalue weighted by Crippen LogP contribution is -2.05. The van der Waals surface area contributed by atoms with E-state index in [4.69, 9.17) is 0 Å². The highest BCUT2D eigenvalue weighted by Gasteiger charge is 1.94. The summed E-state index contributed by atoms with van der Waals surface area (Å²) in [5.74, 6) is -0.0402. The van der Waals surface area contributed by atoms with Crippen molar-refractivity contribution in [2.75, 3.05) is 5.32 Å². The minimum absolute atomic E-state index is 0.0402. The van der Waals surface area contributed by atoms with Crippen molar-refractivity contribution in [1.82, 2.24) is 0 Å². The first-order chi connectivity index (χ1) is 6.72. The van der Waals surface area contributed by atoms with Crippen molar-refractivity contribution in [3.05, 3.63) is 35.9 Å². The normalized spacial score (nSPS) is 10.4. The predicted octanol–water partition coefficient (Wildman–Crippen LogP) is 3.07. The molecule has 74 valence electrons. The molecule has 2 heteroatoms. The molecule has 0 saturated carbocycles. The number of hydrogen-bond donors (Lipinski definition) is 1. The lowest BCUT2D eigenvalue weighted by molar-refractivity contribution is -0.114. The van der Waals surface area contributed by atoms with Gasteiger partial charge in [0.25, 0.3) is 0 Å². The van der Waals surface area contributed by atoms with Crippen molar-refractivity contribution in [2.24, 2.45) is 0 Å². The third kappa shape index (κ3) is 3.44. The van der Waals surface area contributed by atoms with Gasteiger partial charge in [-0.25, -0.2) is 0 Å². The summed E-state index contributed by atoms with van der Waals surface area (Å²) in [5, 5.41) is 2.75. The second-order valence-electron chi connectivity index (χ2n) is 3.12. The molecule has 0 spiro atoms. The van der Waals surface area contributed by atoms with Crippen LogP contribution in [0.3, 0.4) is 0 Å². The van der Waals surface area contributed by atoms with E-state index in [-0.39, 0.29) is 5.91 Å². The van der Waals surface area contributed by atoms with Crippen LogP contribution in [0.15, 0.2) is 30.3 Å². The van der Waals surface area contributed by atoms with Crippen LogP contribution in [-0.2, 0) is 4.79 Å². The SMILES string of the molecule is CC/C=C/c1cccc(NC(C)=O)c1. The first kappa shape index (κ1) is 10.5. The predicted molar refractivity (Wildman–Crippen MR) is 60.1 cm³/mol. The summed E-state index contributed by atoms with van der Waals surface area (Å²) in [4.78, 5) is 10.8. The fourth-order valence-corrected chi connectivity index (χ4v) is 1.18. The molecule has 1 rings (SSSR count). The van der Waals surface area contributed by atoms with E-state index in [2.05, 4.69) is 18.3 Å². The molecule has 0 atom stereocenters. The minimum atomic E-state index is -0.0402. The molecule has 0 unspecified atom stereocenters. The Morgan fingerprint density at radius 3 is 2.93 bits per heavy atom. The van der Waals surface area contributed by atoms with Crippen LogP contribution in [0.5, 0.6) is 0 Å². The maximum absolute atomic E-state index is 10.8. The average molecular weight is 189 g/mol. The summed E-state index contributed by atoms with van der Waals surface area (Å²) in [6, 6.07) is 7.77. The van der Waals surface area contributed by atoms with E-state index in [1.807, 2.05) is 30.3 Å². The number of hydrogen-bond acceptors (Lipinski definition) is 1. The van der Waals surface area contributed by atoms with E-state index < -0.39 is 0 Å². The van der Waals surface area contributed by atoms with Crippen LogP contribution in [0.4, 0.5) is 5.69 Å². The largest absolute Gasteiger partial charge is 0.326 e. The van der Waals surface area contributed by atoms with Crippen molar-refractivity contribution in [2.45, 2.75) is 20.3 Å². The van der Waals surface area contributed by atoms with Crippen LogP contribution in [0.25, 0.3) is 6.08 Å². The Bertz CT molecular complexity index is 342. The Labute approximate surface area is 84.6 Å². The molecular formula is C12H15NO. The molecule has 0 aliphatic carbocycles. The monoisotopic (exact) mass is 189 g/mol. The van der Waals surface area contributed by atoms with E-state index in [9.17, 15) is 4.79 Å². The van der Waals surface area contributed by atoms with Crippen LogP contribution < -0.4 is 5.32 Å². The fraction of sp³-hybridized carbons (Fsp3) is 0.250. The molecule has 0 heterocycles. The molecule has 0 aliphatic rings. The van der Waals surface area contributed by atoms with Crippen molar-refractivity contribution in [3.63, 3.8) is 0 Å². The summed E-state index contributed by atoms with van der Waals surface area (Å²) in [7, 11) is 0. The van der Waals surface area contributed by atoms with Gasteiger partial charge >= 0.3 is 0 Å². The van der Waals surface area contributed by atoms with Gasteiger partial charge in [0.15, 0.2) is 0 Å². The number of benzene rings is 1. The fourth-order valence-electron chi connectivity index (χ4n) is 1.18. The number of amides is 1. The van der Waals surface area contributed by atoms with Crippen LogP contribution in [0.1, 0.15) is 25.8 Å². The molecule has 1 amide bonds. The summed E-state index contributed by atoms with van der Waals surface area (Å²) in [5.41, 5.74) is 1.95. The number of rotatable bonds is 3. The Hall–Kier alpha value is -1.57. The van der Waals surface area contributed by atoms with Crippen LogP contribution in [-0.4, -0.2) is 5.91 Å². The van der Waals surface area contributed by atoms with Crippen molar-refractivity contribution < 1.29 is 4.79 Å². The number of carbonyl (C=O) groups excluding carboxylic acids is 1. The van der Waals surface area contributed by atoms with Crippen LogP contribution >= 0.6 is 0 Å². The van der Waals surface area contributed by atoms with Crippen molar-refractivity contribution >= 4 is 17.7 Å². The van der Waals surface area contributed by atoms with Gasteiger partial charge in [0.1, 0.15) is 0 Å². The topological polar surface area (TPSA) is 29.1 Å². The number of allylic oxidation sites excluding steroid dienone is 1. The molecule has 2 nitrogen and oxygen atoms in total. The molecule has 14 heavy (non-hydrogen) atoms. The molecule has 1 aromatic carbocycles. The van der Waals surface area contributed by atoms with E-state index in [0.717, 1.165) is 17.7 Å². The molecule has 1 aromatic rings. The standard InChI is InChI=1S/C12H15NO/c1-3-4-6-11-7-5-8-12(9-11)13-10(2)14/h4-9H,3H2,1-2H3,(H,13,14)/b6-4+. The zero-order chi connectivity index (χ0) is 10.4. The quantitative estimate of drug-likeness (QED) is 0.777. The zero-order valence-electron chi connectivity index (χ0n) is 8.58. The number of anilines is 1. The van der Waals surface area contributed by atoms with Crippen molar-refractivity contribution in [3.8, 4) is 0 Å². The second-order valence-corrected chi connectivity index (χ2v) is 3.12. The lowest BCUT2D eigenvalue weighted by Gasteiger charge is -2.02. The Morgan fingerprint density at radius 2 is 2.29 bits per heavy atom. The number of nitrogens with one attached hydrogen (secondary N) is 1. The summed E-state index contributed by atoms with van der Waals surface area (Å²) < 4.78 is 0. The molecule has 0 radical (unpaired) electrons. The molecule has 0 fully saturated rings. The van der Waals surface area contributed by atoms with Gasteiger partial charge in [-0.3, -0.25) is 4.79 Å². The van der Waals surface area contributed by atoms with Gasteiger partial charge in [0.05, 0.1) is 0 Å². The van der Waals surface area contributed by atoms with Crippen LogP contribution in [0, 0.1) is 0 Å². The van der Waals surface area contributed by atoms with E-state index in [1.54, 1.807) is 0 Å². The van der Waals surface area contributed by atoms with Gasteiger partial charge < -0.3 is 5.32 Å². The Balaban J connectivity index is 2.78. The minimum Gasteiger partial charge on any atom is -0.326 e. The number of carbonyl (C=O) groups is 1. The Kier molecular flexibility index (Phi) is 3.92. The molecule has 0 saturated heterocycles. The maximum Gasteiger partial charge on any atom is 0.221 e. The van der Waals surface area contributed by atoms with Gasteiger partial charge in [0, 0.05) is 12.6 Å². The van der Waals surface area contributed by atoms with Gasteiger partial charge in [-0.15, -0.1) is 0 Å². The second kappa shape index (κ2) is 5.22. The molecule has 0 aromatic heterocycles. The molecule has 0 aliphatic heterocycles. The van der Waals surface area contributed by atoms with E-state index in [0.29, 0.717) is 0 Å². The van der Waals surface area contributed by atoms with Crippen LogP contribution in [0.2, 0.25) is 0 Å². The summed E-state index contributed by atoms with van der Waals surface area (Å²) in [6.07, 6.45) is 5.16. The first-order valence-corrected chi connectivity index (χ1v) is 4.76. The molecule has 0 bridgehead atoms. The van der Waals surface area contributed by atoms with Gasteiger partial charge in [-0.1, -0.05) is 31.2 Å². The summed E-state index contributed by atoms with van der Waals surface area (Å²) >= 11 is 0. The highest BCUT2D eigenvalue weighted by Crippen LogP contribution is 2.11. The Morgan fingerprint density at radius 1 is 1.50 bits per heavy atom. The molecule has 1 N–H and O–H groups in total. The van der Waals surface area contributed by atoms with E-state index in [1.165, 1.54) is 6.92 Å². The average Bonchev–Trinajstić information content (AvgIpc) is 2.14. The van der Waals surface area contributed by atoms with E-state index >= 15 is 0 Å². The smallest absolute Gasteiger partial charge is 0.221 e. The highest BCUT2D eigenvalue weighted by atomic mass is 16.1. The lowest BCUT2D eigenvalue weighted by atomic mass is 10.2. The van der Waals surface area contributed by atoms with Gasteiger partial charge in [-0.05, 0) is 24.1 Å². The third-order valence-corrected chi connectivity index (χ3v) is 1.75. The molecular weight excluding hydrogens is 174 g/mol.